The fraction of sp³-hybridized carbons (Fsp3) is 0.571. The van der Waals surface area contributed by atoms with Crippen LogP contribution in [0.3, 0.4) is 0 Å². The molecule has 17 heavy (non-hydrogen) atoms. The number of ether oxygens (including phenoxy) is 1. The topological polar surface area (TPSA) is 35.2 Å². The zero-order valence-electron chi connectivity index (χ0n) is 10.5. The molecule has 3 heteroatoms. The van der Waals surface area contributed by atoms with E-state index in [1.54, 1.807) is 0 Å². The van der Waals surface area contributed by atoms with Crippen LogP contribution < -0.4 is 5.73 Å². The maximum Gasteiger partial charge on any atom is 0.0748 e. The molecule has 1 aromatic rings. The van der Waals surface area contributed by atoms with Crippen LogP contribution in [-0.4, -0.2) is 6.61 Å². The summed E-state index contributed by atoms with van der Waals surface area (Å²) in [5.41, 5.74) is 7.75. The van der Waals surface area contributed by atoms with E-state index in [0.717, 1.165) is 28.8 Å². The van der Waals surface area contributed by atoms with Crippen molar-refractivity contribution < 1.29 is 4.74 Å². The summed E-state index contributed by atoms with van der Waals surface area (Å²) in [7, 11) is 0. The summed E-state index contributed by atoms with van der Waals surface area (Å²) in [6.45, 7) is 3.65. The molecule has 0 aromatic heterocycles. The Labute approximate surface area is 113 Å². The second-order valence-corrected chi connectivity index (χ2v) is 5.13. The Morgan fingerprint density at radius 3 is 2.65 bits per heavy atom. The maximum absolute atomic E-state index is 5.89. The lowest BCUT2D eigenvalue weighted by atomic mass is 10.2. The predicted octanol–water partition coefficient (Wildman–Crippen LogP) is 4.52. The van der Waals surface area contributed by atoms with Crippen LogP contribution in [0.2, 0.25) is 0 Å². The van der Waals surface area contributed by atoms with E-state index in [1.807, 2.05) is 18.2 Å². The molecule has 1 rings (SSSR count). The summed E-state index contributed by atoms with van der Waals surface area (Å²) in [6.07, 6.45) is 6.34. The molecule has 0 heterocycles. The second kappa shape index (κ2) is 8.54. The molecule has 0 radical (unpaired) electrons. The first kappa shape index (κ1) is 14.5. The number of halogens is 1. The summed E-state index contributed by atoms with van der Waals surface area (Å²) in [6, 6.07) is 5.84. The standard InChI is InChI=1S/C14H22BrNO/c1-2-3-4-5-6-10-17-11-12-13(15)8-7-9-14(12)16/h7-9H,2-6,10-11,16H2,1H3. The van der Waals surface area contributed by atoms with Crippen molar-refractivity contribution in [1.29, 1.82) is 0 Å². The van der Waals surface area contributed by atoms with Crippen LogP contribution in [-0.2, 0) is 11.3 Å². The van der Waals surface area contributed by atoms with Gasteiger partial charge in [-0.15, -0.1) is 0 Å². The van der Waals surface area contributed by atoms with Crippen LogP contribution in [0.1, 0.15) is 44.6 Å². The van der Waals surface area contributed by atoms with Crippen LogP contribution in [0.15, 0.2) is 22.7 Å². The summed E-state index contributed by atoms with van der Waals surface area (Å²) >= 11 is 3.49. The van der Waals surface area contributed by atoms with Crippen LogP contribution >= 0.6 is 15.9 Å². The Morgan fingerprint density at radius 1 is 1.18 bits per heavy atom. The summed E-state index contributed by atoms with van der Waals surface area (Å²) < 4.78 is 6.68. The van der Waals surface area contributed by atoms with Crippen molar-refractivity contribution in [2.45, 2.75) is 45.6 Å². The molecule has 0 fully saturated rings. The van der Waals surface area contributed by atoms with Gasteiger partial charge in [0.15, 0.2) is 0 Å². The van der Waals surface area contributed by atoms with Gasteiger partial charge in [-0.3, -0.25) is 0 Å². The molecule has 0 saturated carbocycles. The van der Waals surface area contributed by atoms with Gasteiger partial charge >= 0.3 is 0 Å². The Kier molecular flexibility index (Phi) is 7.29. The normalized spacial score (nSPS) is 10.7. The van der Waals surface area contributed by atoms with Crippen LogP contribution in [0.4, 0.5) is 5.69 Å². The number of nitrogen functional groups attached to an aromatic ring is 1. The minimum absolute atomic E-state index is 0.598. The summed E-state index contributed by atoms with van der Waals surface area (Å²) in [4.78, 5) is 0. The molecule has 0 bridgehead atoms. The Hall–Kier alpha value is -0.540. The van der Waals surface area contributed by atoms with Gasteiger partial charge in [0.05, 0.1) is 6.61 Å². The zero-order chi connectivity index (χ0) is 12.5. The Balaban J connectivity index is 2.18. The van der Waals surface area contributed by atoms with Crippen molar-refractivity contribution in [3.05, 3.63) is 28.2 Å². The molecule has 1 aromatic carbocycles. The van der Waals surface area contributed by atoms with E-state index in [2.05, 4.69) is 22.9 Å². The molecule has 0 spiro atoms. The number of hydrogen-bond acceptors (Lipinski definition) is 2. The van der Waals surface area contributed by atoms with Gasteiger partial charge in [-0.2, -0.15) is 0 Å². The number of rotatable bonds is 8. The highest BCUT2D eigenvalue weighted by Gasteiger charge is 2.03. The number of benzene rings is 1. The van der Waals surface area contributed by atoms with Gasteiger partial charge in [0.25, 0.3) is 0 Å². The van der Waals surface area contributed by atoms with Crippen molar-refractivity contribution >= 4 is 21.6 Å². The van der Waals surface area contributed by atoms with Gasteiger partial charge < -0.3 is 10.5 Å². The molecule has 0 amide bonds. The highest BCUT2D eigenvalue weighted by Crippen LogP contribution is 2.23. The van der Waals surface area contributed by atoms with Gasteiger partial charge in [0.2, 0.25) is 0 Å². The van der Waals surface area contributed by atoms with Crippen LogP contribution in [0, 0.1) is 0 Å². The number of anilines is 1. The molecular weight excluding hydrogens is 278 g/mol. The SMILES string of the molecule is CCCCCCCOCc1c(N)cccc1Br. The molecule has 0 aliphatic carbocycles. The third kappa shape index (κ3) is 5.55. The molecule has 2 N–H and O–H groups in total. The van der Waals surface area contributed by atoms with E-state index in [1.165, 1.54) is 25.7 Å². The van der Waals surface area contributed by atoms with E-state index in [9.17, 15) is 0 Å². The molecule has 0 aliphatic rings. The monoisotopic (exact) mass is 299 g/mol. The van der Waals surface area contributed by atoms with E-state index in [4.69, 9.17) is 10.5 Å². The Bertz CT molecular complexity index is 308. The number of nitrogens with two attached hydrogens (primary N) is 1. The predicted molar refractivity (Wildman–Crippen MR) is 77.0 cm³/mol. The Morgan fingerprint density at radius 2 is 1.94 bits per heavy atom. The van der Waals surface area contributed by atoms with E-state index < -0.39 is 0 Å². The number of hydrogen-bond donors (Lipinski definition) is 1. The van der Waals surface area contributed by atoms with Gasteiger partial charge in [0.1, 0.15) is 0 Å². The number of unbranched alkanes of at least 4 members (excludes halogenated alkanes) is 4. The largest absolute Gasteiger partial charge is 0.398 e. The lowest BCUT2D eigenvalue weighted by Gasteiger charge is -2.09. The smallest absolute Gasteiger partial charge is 0.0748 e. The minimum atomic E-state index is 0.598. The quantitative estimate of drug-likeness (QED) is 0.566. The average molecular weight is 300 g/mol. The first-order valence-corrected chi connectivity index (χ1v) is 7.15. The third-order valence-corrected chi connectivity index (χ3v) is 3.54. The first-order valence-electron chi connectivity index (χ1n) is 6.36. The van der Waals surface area contributed by atoms with Crippen molar-refractivity contribution in [2.24, 2.45) is 0 Å². The highest BCUT2D eigenvalue weighted by atomic mass is 79.9. The van der Waals surface area contributed by atoms with Crippen LogP contribution in [0.25, 0.3) is 0 Å². The maximum atomic E-state index is 5.89. The van der Waals surface area contributed by atoms with Gasteiger partial charge in [0, 0.05) is 22.3 Å². The molecule has 0 unspecified atom stereocenters. The average Bonchev–Trinajstić information content (AvgIpc) is 2.31. The van der Waals surface area contributed by atoms with Crippen molar-refractivity contribution in [3.63, 3.8) is 0 Å². The zero-order valence-corrected chi connectivity index (χ0v) is 12.1. The van der Waals surface area contributed by atoms with E-state index in [0.29, 0.717) is 6.61 Å². The lowest BCUT2D eigenvalue weighted by molar-refractivity contribution is 0.116. The third-order valence-electron chi connectivity index (χ3n) is 2.79. The lowest BCUT2D eigenvalue weighted by Crippen LogP contribution is -2.00. The van der Waals surface area contributed by atoms with E-state index in [-0.39, 0.29) is 0 Å². The molecular formula is C14H22BrNO. The molecule has 2 nitrogen and oxygen atoms in total. The van der Waals surface area contributed by atoms with Gasteiger partial charge in [-0.1, -0.05) is 54.6 Å². The first-order chi connectivity index (χ1) is 8.25. The van der Waals surface area contributed by atoms with Crippen molar-refractivity contribution in [1.82, 2.24) is 0 Å². The fourth-order valence-corrected chi connectivity index (χ4v) is 2.21. The van der Waals surface area contributed by atoms with Crippen molar-refractivity contribution in [2.75, 3.05) is 12.3 Å². The second-order valence-electron chi connectivity index (χ2n) is 4.27. The minimum Gasteiger partial charge on any atom is -0.398 e. The molecule has 96 valence electrons. The summed E-state index contributed by atoms with van der Waals surface area (Å²) in [5.74, 6) is 0. The summed E-state index contributed by atoms with van der Waals surface area (Å²) in [5, 5.41) is 0. The molecule has 0 aliphatic heterocycles. The van der Waals surface area contributed by atoms with Crippen LogP contribution in [0.5, 0.6) is 0 Å². The highest BCUT2D eigenvalue weighted by molar-refractivity contribution is 9.10. The van der Waals surface area contributed by atoms with Gasteiger partial charge in [-0.05, 0) is 18.6 Å². The van der Waals surface area contributed by atoms with E-state index >= 15 is 0 Å². The molecule has 0 saturated heterocycles. The fourth-order valence-electron chi connectivity index (χ4n) is 1.71. The van der Waals surface area contributed by atoms with Gasteiger partial charge in [-0.25, -0.2) is 0 Å². The molecule has 0 atom stereocenters. The van der Waals surface area contributed by atoms with Crippen molar-refractivity contribution in [3.8, 4) is 0 Å².